The van der Waals surface area contributed by atoms with Crippen LogP contribution in [0.5, 0.6) is 0 Å². The van der Waals surface area contributed by atoms with Crippen LogP contribution in [0.25, 0.3) is 11.4 Å². The van der Waals surface area contributed by atoms with Crippen molar-refractivity contribution in [1.82, 2.24) is 10.1 Å². The molecule has 0 bridgehead atoms. The van der Waals surface area contributed by atoms with Crippen LogP contribution in [0.1, 0.15) is 17.9 Å². The minimum atomic E-state index is -0.501. The zero-order chi connectivity index (χ0) is 18.5. The van der Waals surface area contributed by atoms with Gasteiger partial charge in [-0.05, 0) is 12.5 Å². The molecule has 0 saturated carbocycles. The van der Waals surface area contributed by atoms with Crippen molar-refractivity contribution in [2.24, 2.45) is 0 Å². The van der Waals surface area contributed by atoms with Crippen LogP contribution in [0, 0.1) is 17.0 Å². The van der Waals surface area contributed by atoms with Gasteiger partial charge in [0.05, 0.1) is 10.6 Å². The van der Waals surface area contributed by atoms with Gasteiger partial charge in [-0.25, -0.2) is 0 Å². The van der Waals surface area contributed by atoms with Gasteiger partial charge in [0.2, 0.25) is 17.6 Å². The molecule has 8 nitrogen and oxygen atoms in total. The van der Waals surface area contributed by atoms with Crippen molar-refractivity contribution in [1.29, 1.82) is 0 Å². The zero-order valence-electron chi connectivity index (χ0n) is 14.0. The highest BCUT2D eigenvalue weighted by atomic mass is 16.6. The number of hydrogen-bond donors (Lipinski definition) is 1. The number of nitrogens with one attached hydrogen (secondary N) is 1. The van der Waals surface area contributed by atoms with Gasteiger partial charge in [-0.1, -0.05) is 41.6 Å². The number of aromatic nitrogens is 2. The van der Waals surface area contributed by atoms with Gasteiger partial charge in [-0.15, -0.1) is 0 Å². The normalized spacial score (nSPS) is 10.5. The lowest BCUT2D eigenvalue weighted by Crippen LogP contribution is -2.13. The third-order valence-electron chi connectivity index (χ3n) is 3.77. The molecular weight excluding hydrogens is 336 g/mol. The number of rotatable bonds is 6. The molecule has 3 aromatic rings. The van der Waals surface area contributed by atoms with Gasteiger partial charge in [0.1, 0.15) is 0 Å². The van der Waals surface area contributed by atoms with Crippen LogP contribution in [0.4, 0.5) is 11.4 Å². The number of nitrogens with zero attached hydrogens (tertiary/aromatic N) is 3. The maximum Gasteiger partial charge on any atom is 0.271 e. The molecule has 8 heteroatoms. The Bertz CT molecular complexity index is 937. The highest BCUT2D eigenvalue weighted by molar-refractivity contribution is 5.91. The molecule has 0 spiro atoms. The summed E-state index contributed by atoms with van der Waals surface area (Å²) in [6.07, 6.45) is 0.401. The summed E-state index contributed by atoms with van der Waals surface area (Å²) in [7, 11) is 0. The molecule has 3 rings (SSSR count). The summed E-state index contributed by atoms with van der Waals surface area (Å²) in [4.78, 5) is 26.7. The Balaban J connectivity index is 1.61. The number of nitro groups is 1. The Labute approximate surface area is 149 Å². The minimum absolute atomic E-state index is 0.0738. The molecule has 26 heavy (non-hydrogen) atoms. The van der Waals surface area contributed by atoms with Crippen molar-refractivity contribution in [2.45, 2.75) is 19.8 Å². The molecule has 1 heterocycles. The van der Waals surface area contributed by atoms with Gasteiger partial charge in [-0.3, -0.25) is 14.9 Å². The fraction of sp³-hybridized carbons (Fsp3) is 0.167. The monoisotopic (exact) mass is 352 g/mol. The van der Waals surface area contributed by atoms with E-state index in [4.69, 9.17) is 4.52 Å². The number of anilines is 1. The van der Waals surface area contributed by atoms with Crippen molar-refractivity contribution < 1.29 is 14.2 Å². The van der Waals surface area contributed by atoms with E-state index in [1.54, 1.807) is 13.0 Å². The second-order valence-electron chi connectivity index (χ2n) is 5.68. The third-order valence-corrected chi connectivity index (χ3v) is 3.77. The van der Waals surface area contributed by atoms with Crippen molar-refractivity contribution in [3.8, 4) is 11.4 Å². The van der Waals surface area contributed by atoms with E-state index in [9.17, 15) is 14.9 Å². The topological polar surface area (TPSA) is 111 Å². The first-order chi connectivity index (χ1) is 12.5. The first kappa shape index (κ1) is 17.3. The molecule has 0 radical (unpaired) electrons. The number of carbonyl (C=O) groups is 1. The largest absolute Gasteiger partial charge is 0.339 e. The average molecular weight is 352 g/mol. The van der Waals surface area contributed by atoms with Gasteiger partial charge in [-0.2, -0.15) is 4.98 Å². The maximum atomic E-state index is 12.1. The van der Waals surface area contributed by atoms with Crippen molar-refractivity contribution >= 4 is 17.3 Å². The first-order valence-electron chi connectivity index (χ1n) is 7.96. The number of amides is 1. The predicted octanol–water partition coefficient (Wildman–Crippen LogP) is 3.52. The Morgan fingerprint density at radius 2 is 2.00 bits per heavy atom. The number of carbonyl (C=O) groups excluding carboxylic acids is 1. The lowest BCUT2D eigenvalue weighted by Gasteiger charge is -2.07. The van der Waals surface area contributed by atoms with Crippen molar-refractivity contribution in [2.75, 3.05) is 5.32 Å². The quantitative estimate of drug-likeness (QED) is 0.536. The molecule has 2 aromatic carbocycles. The third kappa shape index (κ3) is 4.10. The SMILES string of the molecule is Cc1ccc([N+](=O)[O-])cc1NC(=O)CCc1nc(-c2ccccc2)no1. The van der Waals surface area contributed by atoms with E-state index in [2.05, 4.69) is 15.5 Å². The van der Waals surface area contributed by atoms with E-state index in [0.29, 0.717) is 17.4 Å². The molecule has 1 amide bonds. The molecule has 0 aliphatic carbocycles. The summed E-state index contributed by atoms with van der Waals surface area (Å²) in [5, 5.41) is 17.4. The predicted molar refractivity (Wildman–Crippen MR) is 94.5 cm³/mol. The van der Waals surface area contributed by atoms with Crippen LogP contribution in [0.3, 0.4) is 0 Å². The second-order valence-corrected chi connectivity index (χ2v) is 5.68. The van der Waals surface area contributed by atoms with E-state index in [-0.39, 0.29) is 24.4 Å². The molecule has 0 fully saturated rings. The van der Waals surface area contributed by atoms with Gasteiger partial charge in [0.25, 0.3) is 5.69 Å². The van der Waals surface area contributed by atoms with E-state index in [1.807, 2.05) is 30.3 Å². The van der Waals surface area contributed by atoms with Crippen LogP contribution in [0.15, 0.2) is 53.1 Å². The molecule has 0 aliphatic heterocycles. The molecule has 0 atom stereocenters. The standard InChI is InChI=1S/C18H16N4O4/c1-12-7-8-14(22(24)25)11-15(12)19-16(23)9-10-17-20-18(21-26-17)13-5-3-2-4-6-13/h2-8,11H,9-10H2,1H3,(H,19,23). The highest BCUT2D eigenvalue weighted by Gasteiger charge is 2.13. The summed E-state index contributed by atoms with van der Waals surface area (Å²) in [6, 6.07) is 13.7. The van der Waals surface area contributed by atoms with Crippen molar-refractivity contribution in [3.05, 3.63) is 70.1 Å². The lowest BCUT2D eigenvalue weighted by atomic mass is 10.1. The maximum absolute atomic E-state index is 12.1. The van der Waals surface area contributed by atoms with Crippen LogP contribution in [-0.4, -0.2) is 21.0 Å². The fourth-order valence-electron chi connectivity index (χ4n) is 2.35. The molecule has 0 unspecified atom stereocenters. The van der Waals surface area contributed by atoms with Gasteiger partial charge >= 0.3 is 0 Å². The highest BCUT2D eigenvalue weighted by Crippen LogP contribution is 2.22. The molecular formula is C18H16N4O4. The summed E-state index contributed by atoms with van der Waals surface area (Å²) < 4.78 is 5.16. The summed E-state index contributed by atoms with van der Waals surface area (Å²) in [6.45, 7) is 1.77. The molecule has 132 valence electrons. The molecule has 1 aromatic heterocycles. The fourth-order valence-corrected chi connectivity index (χ4v) is 2.35. The van der Waals surface area contributed by atoms with Crippen LogP contribution < -0.4 is 5.32 Å². The second kappa shape index (κ2) is 7.56. The number of aryl methyl sites for hydroxylation is 2. The average Bonchev–Trinajstić information content (AvgIpc) is 3.11. The van der Waals surface area contributed by atoms with E-state index in [0.717, 1.165) is 11.1 Å². The molecule has 1 N–H and O–H groups in total. The minimum Gasteiger partial charge on any atom is -0.339 e. The number of non-ortho nitro benzene ring substituents is 1. The number of nitro benzene ring substituents is 1. The van der Waals surface area contributed by atoms with Crippen LogP contribution in [-0.2, 0) is 11.2 Å². The number of hydrogen-bond acceptors (Lipinski definition) is 6. The van der Waals surface area contributed by atoms with Crippen molar-refractivity contribution in [3.63, 3.8) is 0 Å². The van der Waals surface area contributed by atoms with Gasteiger partial charge < -0.3 is 9.84 Å². The van der Waals surface area contributed by atoms with E-state index >= 15 is 0 Å². The smallest absolute Gasteiger partial charge is 0.271 e. The van der Waals surface area contributed by atoms with Crippen LogP contribution in [0.2, 0.25) is 0 Å². The Morgan fingerprint density at radius 3 is 2.73 bits per heavy atom. The summed E-state index contributed by atoms with van der Waals surface area (Å²) in [5.41, 5.74) is 1.92. The van der Waals surface area contributed by atoms with E-state index < -0.39 is 4.92 Å². The summed E-state index contributed by atoms with van der Waals surface area (Å²) in [5.74, 6) is 0.540. The Kier molecular flexibility index (Phi) is 5.02. The van der Waals surface area contributed by atoms with E-state index in [1.165, 1.54) is 12.1 Å². The molecule has 0 aliphatic rings. The zero-order valence-corrected chi connectivity index (χ0v) is 14.0. The van der Waals surface area contributed by atoms with Crippen LogP contribution >= 0.6 is 0 Å². The van der Waals surface area contributed by atoms with Gasteiger partial charge in [0.15, 0.2) is 0 Å². The number of benzene rings is 2. The first-order valence-corrected chi connectivity index (χ1v) is 7.96. The summed E-state index contributed by atoms with van der Waals surface area (Å²) >= 11 is 0. The van der Waals surface area contributed by atoms with Gasteiger partial charge in [0, 0.05) is 30.5 Å². The molecule has 0 saturated heterocycles. The Hall–Kier alpha value is -3.55. The lowest BCUT2D eigenvalue weighted by molar-refractivity contribution is -0.384. The Morgan fingerprint density at radius 1 is 1.23 bits per heavy atom.